The number of nitrogens with zero attached hydrogens (tertiary/aromatic N) is 1. The third kappa shape index (κ3) is 2.53. The number of rotatable bonds is 2. The number of thioether (sulfide) groups is 1. The third-order valence-electron chi connectivity index (χ3n) is 1.54. The zero-order valence-corrected chi connectivity index (χ0v) is 8.19. The van der Waals surface area contributed by atoms with Gasteiger partial charge in [-0.1, -0.05) is 0 Å². The number of hydrogen-bond donors (Lipinski definition) is 2. The molecule has 1 heterocycles. The molecule has 1 unspecified atom stereocenters. The van der Waals surface area contributed by atoms with Crippen molar-refractivity contribution in [2.75, 3.05) is 12.4 Å². The Labute approximate surface area is 77.0 Å². The lowest BCUT2D eigenvalue weighted by Crippen LogP contribution is -2.33. The van der Waals surface area contributed by atoms with E-state index in [1.165, 1.54) is 0 Å². The van der Waals surface area contributed by atoms with Crippen molar-refractivity contribution in [2.45, 2.75) is 19.9 Å². The van der Waals surface area contributed by atoms with Crippen molar-refractivity contribution >= 4 is 16.8 Å². The zero-order chi connectivity index (χ0) is 8.97. The van der Waals surface area contributed by atoms with Gasteiger partial charge in [0.05, 0.1) is 17.7 Å². The summed E-state index contributed by atoms with van der Waals surface area (Å²) in [5.74, 6) is 0.720. The van der Waals surface area contributed by atoms with Crippen LogP contribution in [-0.2, 0) is 0 Å². The maximum Gasteiger partial charge on any atom is 0.0953 e. The van der Waals surface area contributed by atoms with E-state index in [1.54, 1.807) is 11.8 Å². The van der Waals surface area contributed by atoms with Gasteiger partial charge in [0.15, 0.2) is 0 Å². The van der Waals surface area contributed by atoms with Crippen molar-refractivity contribution in [3.8, 4) is 0 Å². The minimum absolute atomic E-state index is 0.207. The van der Waals surface area contributed by atoms with Gasteiger partial charge in [0.2, 0.25) is 0 Å². The van der Waals surface area contributed by atoms with E-state index in [9.17, 15) is 0 Å². The number of nitrogens with one attached hydrogen (secondary N) is 1. The molecule has 0 saturated heterocycles. The van der Waals surface area contributed by atoms with Gasteiger partial charge in [0, 0.05) is 17.6 Å². The van der Waals surface area contributed by atoms with E-state index in [2.05, 4.69) is 17.2 Å². The highest BCUT2D eigenvalue weighted by molar-refractivity contribution is 8.14. The van der Waals surface area contributed by atoms with E-state index in [4.69, 9.17) is 5.11 Å². The van der Waals surface area contributed by atoms with Crippen LogP contribution < -0.4 is 5.32 Å². The van der Waals surface area contributed by atoms with E-state index in [-0.39, 0.29) is 12.6 Å². The lowest BCUT2D eigenvalue weighted by atomic mass is 10.3. The predicted octanol–water partition coefficient (Wildman–Crippen LogP) is 0.963. The highest BCUT2D eigenvalue weighted by Crippen LogP contribution is 2.12. The van der Waals surface area contributed by atoms with Crippen molar-refractivity contribution < 1.29 is 5.11 Å². The Balaban J connectivity index is 2.51. The topological polar surface area (TPSA) is 44.6 Å². The van der Waals surface area contributed by atoms with Gasteiger partial charge in [0.25, 0.3) is 0 Å². The Morgan fingerprint density at radius 2 is 2.50 bits per heavy atom. The van der Waals surface area contributed by atoms with Crippen molar-refractivity contribution in [2.24, 2.45) is 4.99 Å². The second-order valence-electron chi connectivity index (χ2n) is 2.72. The van der Waals surface area contributed by atoms with Crippen molar-refractivity contribution in [1.82, 2.24) is 5.32 Å². The number of aliphatic hydroxyl groups excluding tert-OH is 1. The first-order valence-electron chi connectivity index (χ1n) is 3.98. The van der Waals surface area contributed by atoms with Gasteiger partial charge >= 0.3 is 0 Å². The molecule has 1 atom stereocenters. The molecule has 12 heavy (non-hydrogen) atoms. The molecule has 68 valence electrons. The first-order valence-corrected chi connectivity index (χ1v) is 4.97. The quantitative estimate of drug-likeness (QED) is 0.675. The lowest BCUT2D eigenvalue weighted by molar-refractivity contribution is 0.323. The summed E-state index contributed by atoms with van der Waals surface area (Å²) in [6.07, 6.45) is 1.82. The van der Waals surface area contributed by atoms with Gasteiger partial charge in [-0.25, -0.2) is 0 Å². The van der Waals surface area contributed by atoms with E-state index < -0.39 is 0 Å². The van der Waals surface area contributed by atoms with Gasteiger partial charge in [-0.05, 0) is 13.8 Å². The SMILES string of the molecule is CC1=CN=C(SCCO)C(C)N1. The molecule has 0 aromatic heterocycles. The van der Waals surface area contributed by atoms with Crippen LogP contribution in [0.1, 0.15) is 13.8 Å². The van der Waals surface area contributed by atoms with Gasteiger partial charge in [-0.15, -0.1) is 11.8 Å². The summed E-state index contributed by atoms with van der Waals surface area (Å²) >= 11 is 1.60. The third-order valence-corrected chi connectivity index (χ3v) is 2.68. The molecule has 0 spiro atoms. The second kappa shape index (κ2) is 4.52. The number of hydrogen-bond acceptors (Lipinski definition) is 4. The summed E-state index contributed by atoms with van der Waals surface area (Å²) < 4.78 is 0. The van der Waals surface area contributed by atoms with Crippen molar-refractivity contribution in [3.63, 3.8) is 0 Å². The summed E-state index contributed by atoms with van der Waals surface area (Å²) in [4.78, 5) is 4.27. The van der Waals surface area contributed by atoms with Crippen LogP contribution in [0.4, 0.5) is 0 Å². The molecule has 0 aromatic rings. The number of aliphatic imine (C=N–C) groups is 1. The monoisotopic (exact) mass is 186 g/mol. The molecular weight excluding hydrogens is 172 g/mol. The van der Waals surface area contributed by atoms with Gasteiger partial charge < -0.3 is 10.4 Å². The molecular formula is C8H14N2OS. The van der Waals surface area contributed by atoms with Crippen LogP contribution in [0.5, 0.6) is 0 Å². The van der Waals surface area contributed by atoms with Crippen LogP contribution in [0.15, 0.2) is 16.9 Å². The molecule has 0 bridgehead atoms. The molecule has 0 aromatic carbocycles. The van der Waals surface area contributed by atoms with Crippen LogP contribution in [0, 0.1) is 0 Å². The summed E-state index contributed by atoms with van der Waals surface area (Å²) in [6, 6.07) is 0.284. The summed E-state index contributed by atoms with van der Waals surface area (Å²) in [6.45, 7) is 4.27. The van der Waals surface area contributed by atoms with Gasteiger partial charge in [-0.2, -0.15) is 0 Å². The molecule has 0 aliphatic carbocycles. The first-order chi connectivity index (χ1) is 5.74. The van der Waals surface area contributed by atoms with E-state index >= 15 is 0 Å². The first kappa shape index (κ1) is 9.61. The molecule has 1 aliphatic heterocycles. The van der Waals surface area contributed by atoms with Crippen molar-refractivity contribution in [1.29, 1.82) is 0 Å². The molecule has 0 radical (unpaired) electrons. The number of allylic oxidation sites excluding steroid dienone is 1. The fourth-order valence-corrected chi connectivity index (χ4v) is 1.76. The highest BCUT2D eigenvalue weighted by Gasteiger charge is 2.13. The second-order valence-corrected chi connectivity index (χ2v) is 3.83. The summed E-state index contributed by atoms with van der Waals surface area (Å²) in [5.41, 5.74) is 1.09. The van der Waals surface area contributed by atoms with Gasteiger partial charge in [0.1, 0.15) is 0 Å². The zero-order valence-electron chi connectivity index (χ0n) is 7.37. The van der Waals surface area contributed by atoms with E-state index in [1.807, 2.05) is 13.1 Å². The van der Waals surface area contributed by atoms with Crippen LogP contribution in [0.2, 0.25) is 0 Å². The maximum atomic E-state index is 8.62. The lowest BCUT2D eigenvalue weighted by Gasteiger charge is -2.20. The van der Waals surface area contributed by atoms with Gasteiger partial charge in [-0.3, -0.25) is 4.99 Å². The largest absolute Gasteiger partial charge is 0.396 e. The molecule has 1 rings (SSSR count). The molecule has 4 heteroatoms. The minimum Gasteiger partial charge on any atom is -0.396 e. The standard InChI is InChI=1S/C8H14N2OS/c1-6-5-9-8(7(2)10-6)12-4-3-11/h5,7,10-11H,3-4H2,1-2H3. The fourth-order valence-electron chi connectivity index (χ4n) is 1.03. The van der Waals surface area contributed by atoms with Crippen LogP contribution in [0.3, 0.4) is 0 Å². The summed E-state index contributed by atoms with van der Waals surface area (Å²) in [7, 11) is 0. The normalized spacial score (nSPS) is 22.8. The van der Waals surface area contributed by atoms with Crippen LogP contribution >= 0.6 is 11.8 Å². The molecule has 2 N–H and O–H groups in total. The minimum atomic E-state index is 0.207. The smallest absolute Gasteiger partial charge is 0.0953 e. The molecule has 1 aliphatic rings. The average Bonchev–Trinajstić information content (AvgIpc) is 2.03. The van der Waals surface area contributed by atoms with Crippen LogP contribution in [-0.4, -0.2) is 28.6 Å². The Morgan fingerprint density at radius 1 is 1.75 bits per heavy atom. The maximum absolute atomic E-state index is 8.62. The average molecular weight is 186 g/mol. The molecule has 0 amide bonds. The Bertz CT molecular complexity index is 213. The highest BCUT2D eigenvalue weighted by atomic mass is 32.2. The Kier molecular flexibility index (Phi) is 3.62. The fraction of sp³-hybridized carbons (Fsp3) is 0.625. The predicted molar refractivity (Wildman–Crippen MR) is 53.3 cm³/mol. The molecule has 0 fully saturated rings. The van der Waals surface area contributed by atoms with Crippen LogP contribution in [0.25, 0.3) is 0 Å². The van der Waals surface area contributed by atoms with E-state index in [0.29, 0.717) is 0 Å². The Morgan fingerprint density at radius 3 is 3.08 bits per heavy atom. The molecule has 0 saturated carbocycles. The Hall–Kier alpha value is -0.480. The summed E-state index contributed by atoms with van der Waals surface area (Å²) in [5, 5.41) is 12.9. The molecule has 3 nitrogen and oxygen atoms in total. The van der Waals surface area contributed by atoms with Crippen molar-refractivity contribution in [3.05, 3.63) is 11.9 Å². The van der Waals surface area contributed by atoms with E-state index in [0.717, 1.165) is 16.5 Å². The number of aliphatic hydroxyl groups is 1.